The molecule has 0 bridgehead atoms. The number of halogens is 1. The molecule has 1 atom stereocenters. The summed E-state index contributed by atoms with van der Waals surface area (Å²) in [6.45, 7) is 7.46. The molecule has 7 heteroatoms. The maximum atomic E-state index is 13.2. The lowest BCUT2D eigenvalue weighted by atomic mass is 9.79. The van der Waals surface area contributed by atoms with E-state index in [0.717, 1.165) is 36.0 Å². The van der Waals surface area contributed by atoms with Crippen LogP contribution in [-0.4, -0.2) is 40.1 Å². The highest BCUT2D eigenvalue weighted by Crippen LogP contribution is 2.41. The fourth-order valence-corrected chi connectivity index (χ4v) is 3.59. The van der Waals surface area contributed by atoms with E-state index in [4.69, 9.17) is 10.3 Å². The van der Waals surface area contributed by atoms with Crippen LogP contribution in [0.15, 0.2) is 10.6 Å². The molecule has 2 N–H and O–H groups in total. The van der Waals surface area contributed by atoms with E-state index >= 15 is 0 Å². The number of carbonyl (C=O) groups excluding carboxylic acids is 1. The van der Waals surface area contributed by atoms with Crippen LogP contribution in [0.1, 0.15) is 60.8 Å². The fraction of sp³-hybridized carbons (Fsp3) is 0.611. The summed E-state index contributed by atoms with van der Waals surface area (Å²) in [6, 6.07) is 2.08. The SMILES string of the molecule is Cc1noc2nc(C3CC3)cc(C(=O)N3CCC(N)C(C)(C)C3)c12.Cl. The van der Waals surface area contributed by atoms with Crippen LogP contribution >= 0.6 is 12.4 Å². The number of hydrogen-bond donors (Lipinski definition) is 1. The van der Waals surface area contributed by atoms with Crippen molar-refractivity contribution >= 4 is 29.4 Å². The summed E-state index contributed by atoms with van der Waals surface area (Å²) in [5.41, 5.74) is 8.96. The van der Waals surface area contributed by atoms with Crippen LogP contribution in [0.3, 0.4) is 0 Å². The first kappa shape index (κ1) is 18.1. The molecule has 1 saturated carbocycles. The number of amides is 1. The van der Waals surface area contributed by atoms with Crippen LogP contribution in [0.5, 0.6) is 0 Å². The molecular formula is C18H25ClN4O2. The molecule has 2 aromatic heterocycles. The van der Waals surface area contributed by atoms with E-state index in [2.05, 4.69) is 24.0 Å². The van der Waals surface area contributed by atoms with Gasteiger partial charge < -0.3 is 15.2 Å². The van der Waals surface area contributed by atoms with Gasteiger partial charge in [-0.15, -0.1) is 12.4 Å². The number of rotatable bonds is 2. The monoisotopic (exact) mass is 364 g/mol. The zero-order valence-electron chi connectivity index (χ0n) is 14.9. The fourth-order valence-electron chi connectivity index (χ4n) is 3.59. The number of aromatic nitrogens is 2. The smallest absolute Gasteiger partial charge is 0.259 e. The summed E-state index contributed by atoms with van der Waals surface area (Å²) >= 11 is 0. The average molecular weight is 365 g/mol. The normalized spacial score (nSPS) is 22.7. The van der Waals surface area contributed by atoms with Crippen LogP contribution in [-0.2, 0) is 0 Å². The number of nitrogens with two attached hydrogens (primary N) is 1. The van der Waals surface area contributed by atoms with Crippen molar-refractivity contribution < 1.29 is 9.32 Å². The van der Waals surface area contributed by atoms with Crippen LogP contribution in [0, 0.1) is 12.3 Å². The summed E-state index contributed by atoms with van der Waals surface area (Å²) in [5.74, 6) is 0.494. The van der Waals surface area contributed by atoms with Gasteiger partial charge in [0.15, 0.2) is 0 Å². The molecule has 1 aliphatic carbocycles. The molecule has 1 saturated heterocycles. The van der Waals surface area contributed by atoms with Crippen molar-refractivity contribution in [1.82, 2.24) is 15.0 Å². The third kappa shape index (κ3) is 3.13. The number of nitrogens with zero attached hydrogens (tertiary/aromatic N) is 3. The first-order valence-electron chi connectivity index (χ1n) is 8.68. The molecule has 1 aliphatic heterocycles. The van der Waals surface area contributed by atoms with Gasteiger partial charge in [0.25, 0.3) is 11.6 Å². The standard InChI is InChI=1S/C18H24N4O2.ClH/c1-10-15-12(8-13(11-4-5-11)20-16(15)24-21-10)17(23)22-7-6-14(19)18(2,3)9-22;/h8,11,14H,4-7,9,19H2,1-3H3;1H. The van der Waals surface area contributed by atoms with Crippen LogP contribution < -0.4 is 5.73 Å². The van der Waals surface area contributed by atoms with Gasteiger partial charge in [-0.1, -0.05) is 19.0 Å². The molecule has 2 aliphatic rings. The average Bonchev–Trinajstić information content (AvgIpc) is 3.33. The number of hydrogen-bond acceptors (Lipinski definition) is 5. The van der Waals surface area contributed by atoms with Crippen molar-refractivity contribution in [1.29, 1.82) is 0 Å². The number of carbonyl (C=O) groups is 1. The summed E-state index contributed by atoms with van der Waals surface area (Å²) in [4.78, 5) is 19.7. The van der Waals surface area contributed by atoms with Gasteiger partial charge in [0.1, 0.15) is 0 Å². The molecule has 1 unspecified atom stereocenters. The van der Waals surface area contributed by atoms with Gasteiger partial charge in [-0.2, -0.15) is 0 Å². The second kappa shape index (κ2) is 6.25. The van der Waals surface area contributed by atoms with E-state index in [-0.39, 0.29) is 29.8 Å². The molecule has 3 heterocycles. The zero-order chi connectivity index (χ0) is 17.1. The summed E-state index contributed by atoms with van der Waals surface area (Å²) in [7, 11) is 0. The molecular weight excluding hydrogens is 340 g/mol. The Kier molecular flexibility index (Phi) is 4.54. The quantitative estimate of drug-likeness (QED) is 0.885. The van der Waals surface area contributed by atoms with E-state index in [1.54, 1.807) is 0 Å². The highest BCUT2D eigenvalue weighted by molar-refractivity contribution is 6.06. The molecule has 2 aromatic rings. The second-order valence-electron chi connectivity index (χ2n) is 7.93. The van der Waals surface area contributed by atoms with Gasteiger partial charge in [-0.25, -0.2) is 4.98 Å². The van der Waals surface area contributed by atoms with Crippen LogP contribution in [0.4, 0.5) is 0 Å². The highest BCUT2D eigenvalue weighted by atomic mass is 35.5. The van der Waals surface area contributed by atoms with E-state index in [9.17, 15) is 4.79 Å². The zero-order valence-corrected chi connectivity index (χ0v) is 15.7. The minimum absolute atomic E-state index is 0. The topological polar surface area (TPSA) is 85.2 Å². The van der Waals surface area contributed by atoms with Gasteiger partial charge in [-0.05, 0) is 37.7 Å². The van der Waals surface area contributed by atoms with Crippen molar-refractivity contribution in [3.8, 4) is 0 Å². The van der Waals surface area contributed by atoms with Crippen LogP contribution in [0.25, 0.3) is 11.1 Å². The minimum atomic E-state index is -0.0803. The third-order valence-electron chi connectivity index (χ3n) is 5.46. The van der Waals surface area contributed by atoms with Gasteiger partial charge in [0, 0.05) is 30.7 Å². The molecule has 0 radical (unpaired) electrons. The second-order valence-corrected chi connectivity index (χ2v) is 7.93. The summed E-state index contributed by atoms with van der Waals surface area (Å²) in [6.07, 6.45) is 3.08. The summed E-state index contributed by atoms with van der Waals surface area (Å²) in [5, 5.41) is 4.76. The molecule has 6 nitrogen and oxygen atoms in total. The van der Waals surface area contributed by atoms with Gasteiger partial charge in [0.2, 0.25) is 0 Å². The molecule has 1 amide bonds. The Morgan fingerprint density at radius 3 is 2.72 bits per heavy atom. The first-order chi connectivity index (χ1) is 11.4. The Labute approximate surface area is 153 Å². The number of piperidine rings is 1. The maximum Gasteiger partial charge on any atom is 0.259 e. The van der Waals surface area contributed by atoms with Gasteiger partial charge in [-0.3, -0.25) is 4.79 Å². The number of fused-ring (bicyclic) bond motifs is 1. The maximum absolute atomic E-state index is 13.2. The number of aryl methyl sites for hydroxylation is 1. The lowest BCUT2D eigenvalue weighted by Crippen LogP contribution is -2.54. The lowest BCUT2D eigenvalue weighted by Gasteiger charge is -2.42. The van der Waals surface area contributed by atoms with E-state index in [0.29, 0.717) is 30.3 Å². The predicted octanol–water partition coefficient (Wildman–Crippen LogP) is 3.03. The molecule has 136 valence electrons. The Balaban J connectivity index is 0.00000182. The van der Waals surface area contributed by atoms with Crippen molar-refractivity contribution in [3.05, 3.63) is 23.0 Å². The molecule has 2 fully saturated rings. The van der Waals surface area contributed by atoms with Crippen molar-refractivity contribution in [2.24, 2.45) is 11.1 Å². The molecule has 4 rings (SSSR count). The summed E-state index contributed by atoms with van der Waals surface area (Å²) < 4.78 is 5.35. The van der Waals surface area contributed by atoms with Crippen molar-refractivity contribution in [2.75, 3.05) is 13.1 Å². The van der Waals surface area contributed by atoms with Gasteiger partial charge in [0.05, 0.1) is 16.6 Å². The van der Waals surface area contributed by atoms with E-state index < -0.39 is 0 Å². The molecule has 25 heavy (non-hydrogen) atoms. The Morgan fingerprint density at radius 2 is 2.08 bits per heavy atom. The Bertz CT molecular complexity index is 813. The third-order valence-corrected chi connectivity index (χ3v) is 5.46. The van der Waals surface area contributed by atoms with E-state index in [1.807, 2.05) is 17.9 Å². The van der Waals surface area contributed by atoms with Crippen LogP contribution in [0.2, 0.25) is 0 Å². The van der Waals surface area contributed by atoms with Gasteiger partial charge >= 0.3 is 0 Å². The highest BCUT2D eigenvalue weighted by Gasteiger charge is 2.37. The minimum Gasteiger partial charge on any atom is -0.338 e. The van der Waals surface area contributed by atoms with Crippen molar-refractivity contribution in [3.63, 3.8) is 0 Å². The Hall–Kier alpha value is -1.66. The van der Waals surface area contributed by atoms with E-state index in [1.165, 1.54) is 0 Å². The van der Waals surface area contributed by atoms with Crippen molar-refractivity contribution in [2.45, 2.75) is 52.0 Å². The predicted molar refractivity (Wildman–Crippen MR) is 98.0 cm³/mol. The number of pyridine rings is 1. The molecule has 0 aromatic carbocycles. The Morgan fingerprint density at radius 1 is 1.36 bits per heavy atom. The molecule has 0 spiro atoms. The largest absolute Gasteiger partial charge is 0.338 e. The number of likely N-dealkylation sites (tertiary alicyclic amines) is 1. The lowest BCUT2D eigenvalue weighted by molar-refractivity contribution is 0.0534. The first-order valence-corrected chi connectivity index (χ1v) is 8.68.